The Kier molecular flexibility index (Phi) is 3.50. The van der Waals surface area contributed by atoms with Crippen LogP contribution in [0.15, 0.2) is 11.2 Å². The van der Waals surface area contributed by atoms with E-state index in [9.17, 15) is 0 Å². The number of hydrogen-bond acceptors (Lipinski definition) is 6. The highest BCUT2D eigenvalue weighted by atomic mass is 32.2. The molecule has 0 aromatic carbocycles. The van der Waals surface area contributed by atoms with Gasteiger partial charge in [-0.05, 0) is 25.0 Å². The highest BCUT2D eigenvalue weighted by molar-refractivity contribution is 7.98. The van der Waals surface area contributed by atoms with Crippen molar-refractivity contribution in [2.45, 2.75) is 18.0 Å². The molecule has 0 atom stereocenters. The Morgan fingerprint density at radius 1 is 1.56 bits per heavy atom. The Morgan fingerprint density at radius 3 is 2.88 bits per heavy atom. The highest BCUT2D eigenvalue weighted by Crippen LogP contribution is 2.31. The van der Waals surface area contributed by atoms with Crippen LogP contribution in [-0.4, -0.2) is 29.8 Å². The van der Waals surface area contributed by atoms with E-state index in [-0.39, 0.29) is 0 Å². The third kappa shape index (κ3) is 2.76. The minimum absolute atomic E-state index is 0.664. The number of aromatic nitrogens is 2. The van der Waals surface area contributed by atoms with Gasteiger partial charge in [0.1, 0.15) is 11.6 Å². The molecule has 0 unspecified atom stereocenters. The molecule has 0 saturated heterocycles. The number of nitrogens with two attached hydrogens (primary N) is 1. The van der Waals surface area contributed by atoms with Gasteiger partial charge in [-0.25, -0.2) is 15.8 Å². The van der Waals surface area contributed by atoms with Gasteiger partial charge >= 0.3 is 0 Å². The van der Waals surface area contributed by atoms with Crippen molar-refractivity contribution < 1.29 is 0 Å². The van der Waals surface area contributed by atoms with Crippen LogP contribution >= 0.6 is 11.8 Å². The summed E-state index contributed by atoms with van der Waals surface area (Å²) in [5.41, 5.74) is 2.57. The summed E-state index contributed by atoms with van der Waals surface area (Å²) in [5, 5.41) is 0.744. The molecule has 5 nitrogen and oxygen atoms in total. The molecule has 0 aliphatic heterocycles. The minimum atomic E-state index is 0.664. The van der Waals surface area contributed by atoms with Gasteiger partial charge in [-0.15, -0.1) is 0 Å². The summed E-state index contributed by atoms with van der Waals surface area (Å²) in [4.78, 5) is 10.9. The van der Waals surface area contributed by atoms with Crippen molar-refractivity contribution in [2.75, 3.05) is 30.2 Å². The molecular weight excluding hydrogens is 222 g/mol. The van der Waals surface area contributed by atoms with Crippen LogP contribution in [0, 0.1) is 5.92 Å². The van der Waals surface area contributed by atoms with E-state index in [1.807, 2.05) is 12.3 Å². The molecule has 1 aliphatic rings. The van der Waals surface area contributed by atoms with Crippen LogP contribution in [0.4, 0.5) is 11.6 Å². The average molecular weight is 239 g/mol. The summed E-state index contributed by atoms with van der Waals surface area (Å²) in [7, 11) is 2.06. The van der Waals surface area contributed by atoms with Crippen molar-refractivity contribution in [3.63, 3.8) is 0 Å². The second-order valence-corrected chi connectivity index (χ2v) is 4.84. The van der Waals surface area contributed by atoms with Crippen LogP contribution in [0.3, 0.4) is 0 Å². The molecule has 1 heterocycles. The first-order valence-corrected chi connectivity index (χ1v) is 6.56. The van der Waals surface area contributed by atoms with Crippen molar-refractivity contribution in [1.29, 1.82) is 0 Å². The lowest BCUT2D eigenvalue weighted by Crippen LogP contribution is -2.22. The van der Waals surface area contributed by atoms with Gasteiger partial charge in [-0.3, -0.25) is 0 Å². The van der Waals surface area contributed by atoms with Gasteiger partial charge in [0.05, 0.1) is 0 Å². The van der Waals surface area contributed by atoms with Crippen LogP contribution < -0.4 is 16.2 Å². The Labute approximate surface area is 99.8 Å². The molecule has 1 fully saturated rings. The number of nitrogens with zero attached hydrogens (tertiary/aromatic N) is 3. The third-order valence-corrected chi connectivity index (χ3v) is 3.19. The Morgan fingerprint density at radius 2 is 2.31 bits per heavy atom. The largest absolute Gasteiger partial charge is 0.359 e. The average Bonchev–Trinajstić information content (AvgIpc) is 3.12. The number of anilines is 2. The topological polar surface area (TPSA) is 67.1 Å². The lowest BCUT2D eigenvalue weighted by atomic mass is 10.4. The van der Waals surface area contributed by atoms with E-state index in [1.54, 1.807) is 0 Å². The lowest BCUT2D eigenvalue weighted by molar-refractivity contribution is 0.766. The highest BCUT2D eigenvalue weighted by Gasteiger charge is 2.23. The van der Waals surface area contributed by atoms with E-state index >= 15 is 0 Å². The zero-order valence-electron chi connectivity index (χ0n) is 9.60. The summed E-state index contributed by atoms with van der Waals surface area (Å²) >= 11 is 1.52. The van der Waals surface area contributed by atoms with Gasteiger partial charge < -0.3 is 10.3 Å². The number of nitrogens with one attached hydrogen (secondary N) is 1. The number of rotatable bonds is 5. The van der Waals surface area contributed by atoms with E-state index in [2.05, 4.69) is 27.3 Å². The third-order valence-electron chi connectivity index (χ3n) is 2.64. The zero-order chi connectivity index (χ0) is 11.5. The zero-order valence-corrected chi connectivity index (χ0v) is 10.4. The summed E-state index contributed by atoms with van der Waals surface area (Å²) in [6.07, 6.45) is 4.64. The summed E-state index contributed by atoms with van der Waals surface area (Å²) in [6, 6.07) is 1.88. The molecule has 0 spiro atoms. The quantitative estimate of drug-likeness (QED) is 0.350. The van der Waals surface area contributed by atoms with Crippen LogP contribution in [0.5, 0.6) is 0 Å². The van der Waals surface area contributed by atoms with Crippen LogP contribution in [0.1, 0.15) is 12.8 Å². The van der Waals surface area contributed by atoms with Crippen molar-refractivity contribution >= 4 is 23.4 Å². The fraction of sp³-hybridized carbons (Fsp3) is 0.600. The van der Waals surface area contributed by atoms with Gasteiger partial charge in [0.15, 0.2) is 5.16 Å². The molecule has 1 aromatic heterocycles. The molecule has 1 saturated carbocycles. The van der Waals surface area contributed by atoms with E-state index in [0.717, 1.165) is 23.4 Å². The predicted octanol–water partition coefficient (Wildman–Crippen LogP) is 1.33. The molecule has 1 aromatic rings. The summed E-state index contributed by atoms with van der Waals surface area (Å²) in [5.74, 6) is 7.82. The number of thioether (sulfide) groups is 1. The second kappa shape index (κ2) is 4.88. The molecule has 6 heteroatoms. The van der Waals surface area contributed by atoms with E-state index in [1.165, 1.54) is 24.6 Å². The van der Waals surface area contributed by atoms with E-state index in [4.69, 9.17) is 5.84 Å². The molecule has 0 amide bonds. The number of hydrogen-bond donors (Lipinski definition) is 2. The molecule has 0 bridgehead atoms. The van der Waals surface area contributed by atoms with Gasteiger partial charge in [0.25, 0.3) is 0 Å². The maximum absolute atomic E-state index is 5.39. The van der Waals surface area contributed by atoms with Gasteiger partial charge in [-0.2, -0.15) is 0 Å². The Hall–Kier alpha value is -1.01. The van der Waals surface area contributed by atoms with Crippen molar-refractivity contribution in [3.05, 3.63) is 6.07 Å². The van der Waals surface area contributed by atoms with Crippen molar-refractivity contribution in [2.24, 2.45) is 11.8 Å². The lowest BCUT2D eigenvalue weighted by Gasteiger charge is -2.18. The summed E-state index contributed by atoms with van der Waals surface area (Å²) < 4.78 is 0. The summed E-state index contributed by atoms with van der Waals surface area (Å²) in [6.45, 7) is 1.06. The molecule has 88 valence electrons. The number of nitrogen functional groups attached to an aromatic ring is 1. The van der Waals surface area contributed by atoms with Crippen molar-refractivity contribution in [3.8, 4) is 0 Å². The maximum atomic E-state index is 5.39. The molecular formula is C10H17N5S. The first-order chi connectivity index (χ1) is 7.72. The molecule has 2 rings (SSSR count). The predicted molar refractivity (Wildman–Crippen MR) is 67.6 cm³/mol. The van der Waals surface area contributed by atoms with Gasteiger partial charge in [-0.1, -0.05) is 11.8 Å². The standard InChI is InChI=1S/C10H17N5S/c1-15(6-7-3-4-7)9-5-8(14-11)12-10(13-9)16-2/h5,7H,3-4,6,11H2,1-2H3,(H,12,13,14). The fourth-order valence-corrected chi connectivity index (χ4v) is 1.93. The Balaban J connectivity index is 2.16. The van der Waals surface area contributed by atoms with Crippen molar-refractivity contribution in [1.82, 2.24) is 9.97 Å². The molecule has 0 radical (unpaired) electrons. The van der Waals surface area contributed by atoms with Crippen LogP contribution in [0.2, 0.25) is 0 Å². The minimum Gasteiger partial charge on any atom is -0.359 e. The molecule has 1 aliphatic carbocycles. The van der Waals surface area contributed by atoms with Crippen LogP contribution in [-0.2, 0) is 0 Å². The maximum Gasteiger partial charge on any atom is 0.191 e. The second-order valence-electron chi connectivity index (χ2n) is 4.07. The van der Waals surface area contributed by atoms with Gasteiger partial charge in [0, 0.05) is 19.7 Å². The first-order valence-electron chi connectivity index (χ1n) is 5.33. The number of hydrazine groups is 1. The molecule has 16 heavy (non-hydrogen) atoms. The van der Waals surface area contributed by atoms with Gasteiger partial charge in [0.2, 0.25) is 0 Å². The van der Waals surface area contributed by atoms with Crippen LogP contribution in [0.25, 0.3) is 0 Å². The van der Waals surface area contributed by atoms with E-state index in [0.29, 0.717) is 5.82 Å². The van der Waals surface area contributed by atoms with E-state index < -0.39 is 0 Å². The smallest absolute Gasteiger partial charge is 0.191 e. The fourth-order valence-electron chi connectivity index (χ4n) is 1.55. The Bertz CT molecular complexity index is 344. The monoisotopic (exact) mass is 239 g/mol. The first kappa shape index (κ1) is 11.5. The molecule has 3 N–H and O–H groups in total. The SMILES string of the molecule is CSc1nc(NN)cc(N(C)CC2CC2)n1. The normalized spacial score (nSPS) is 14.9.